The molecule has 0 aliphatic heterocycles. The highest BCUT2D eigenvalue weighted by Gasteiger charge is 2.22. The molecular formula is C13H15NOS. The van der Waals surface area contributed by atoms with Crippen LogP contribution >= 0.6 is 11.3 Å². The van der Waals surface area contributed by atoms with E-state index in [1.54, 1.807) is 11.3 Å². The van der Waals surface area contributed by atoms with Crippen molar-refractivity contribution in [3.63, 3.8) is 0 Å². The zero-order valence-electron chi connectivity index (χ0n) is 9.59. The highest BCUT2D eigenvalue weighted by Crippen LogP contribution is 2.30. The van der Waals surface area contributed by atoms with Gasteiger partial charge in [0, 0.05) is 4.88 Å². The number of carbonyl (C=O) groups is 1. The topological polar surface area (TPSA) is 29.1 Å². The minimum absolute atomic E-state index is 0.0534. The lowest BCUT2D eigenvalue weighted by atomic mass is 10.1. The van der Waals surface area contributed by atoms with E-state index in [0.717, 1.165) is 17.7 Å². The zero-order chi connectivity index (χ0) is 11.8. The molecule has 1 amide bonds. The van der Waals surface area contributed by atoms with Crippen molar-refractivity contribution in [3.8, 4) is 12.3 Å². The molecule has 1 aromatic rings. The number of aryl methyl sites for hydroxylation is 2. The first-order chi connectivity index (χ1) is 7.52. The second-order valence-corrected chi connectivity index (χ2v) is 5.77. The number of amides is 1. The maximum Gasteiger partial charge on any atom is 0.262 e. The van der Waals surface area contributed by atoms with Gasteiger partial charge in [-0.2, -0.15) is 0 Å². The van der Waals surface area contributed by atoms with Gasteiger partial charge in [0.15, 0.2) is 0 Å². The Morgan fingerprint density at radius 1 is 1.56 bits per heavy atom. The summed E-state index contributed by atoms with van der Waals surface area (Å²) in [7, 11) is 0. The van der Waals surface area contributed by atoms with E-state index in [-0.39, 0.29) is 5.91 Å². The molecule has 0 radical (unpaired) electrons. The number of hydrogen-bond acceptors (Lipinski definition) is 2. The first-order valence-electron chi connectivity index (χ1n) is 5.44. The van der Waals surface area contributed by atoms with Crippen LogP contribution in [-0.4, -0.2) is 11.4 Å². The Morgan fingerprint density at radius 2 is 2.31 bits per heavy atom. The van der Waals surface area contributed by atoms with E-state index < -0.39 is 5.54 Å². The number of nitrogens with one attached hydrogen (secondary N) is 1. The molecule has 0 aromatic carbocycles. The van der Waals surface area contributed by atoms with Gasteiger partial charge < -0.3 is 5.32 Å². The number of fused-ring (bicyclic) bond motifs is 1. The van der Waals surface area contributed by atoms with E-state index in [2.05, 4.69) is 11.2 Å². The fraction of sp³-hybridized carbons (Fsp3) is 0.462. The van der Waals surface area contributed by atoms with E-state index in [0.29, 0.717) is 0 Å². The molecule has 1 aliphatic rings. The van der Waals surface area contributed by atoms with Crippen LogP contribution in [-0.2, 0) is 12.8 Å². The summed E-state index contributed by atoms with van der Waals surface area (Å²) in [6, 6.07) is 2.01. The molecule has 0 atom stereocenters. The lowest BCUT2D eigenvalue weighted by Gasteiger charge is -2.18. The van der Waals surface area contributed by atoms with Crippen LogP contribution in [0.15, 0.2) is 6.07 Å². The van der Waals surface area contributed by atoms with Gasteiger partial charge in [0.05, 0.1) is 10.4 Å². The highest BCUT2D eigenvalue weighted by atomic mass is 32.1. The van der Waals surface area contributed by atoms with Gasteiger partial charge in [0.1, 0.15) is 0 Å². The molecule has 84 valence electrons. The molecule has 0 saturated carbocycles. The molecule has 0 saturated heterocycles. The molecule has 0 fully saturated rings. The quantitative estimate of drug-likeness (QED) is 0.781. The van der Waals surface area contributed by atoms with Crippen LogP contribution in [0.1, 0.15) is 40.4 Å². The van der Waals surface area contributed by atoms with Crippen molar-refractivity contribution in [2.75, 3.05) is 0 Å². The van der Waals surface area contributed by atoms with Gasteiger partial charge in [-0.15, -0.1) is 17.8 Å². The molecule has 0 unspecified atom stereocenters. The molecule has 0 spiro atoms. The molecular weight excluding hydrogens is 218 g/mol. The van der Waals surface area contributed by atoms with E-state index in [1.807, 2.05) is 19.9 Å². The SMILES string of the molecule is C#CC(C)(C)NC(=O)c1cc2c(s1)CCC2. The summed E-state index contributed by atoms with van der Waals surface area (Å²) in [6.45, 7) is 3.65. The minimum Gasteiger partial charge on any atom is -0.336 e. The van der Waals surface area contributed by atoms with Gasteiger partial charge in [-0.3, -0.25) is 4.79 Å². The largest absolute Gasteiger partial charge is 0.336 e. The molecule has 0 bridgehead atoms. The lowest BCUT2D eigenvalue weighted by molar-refractivity contribution is 0.0934. The summed E-state index contributed by atoms with van der Waals surface area (Å²) in [5.74, 6) is 2.51. The maximum atomic E-state index is 11.9. The Labute approximate surface area is 100 Å². The maximum absolute atomic E-state index is 11.9. The predicted octanol–water partition coefficient (Wildman–Crippen LogP) is 2.38. The Balaban J connectivity index is 2.13. The van der Waals surface area contributed by atoms with Crippen LogP contribution in [0.25, 0.3) is 0 Å². The van der Waals surface area contributed by atoms with Crippen LogP contribution in [0.3, 0.4) is 0 Å². The van der Waals surface area contributed by atoms with Crippen LogP contribution < -0.4 is 5.32 Å². The van der Waals surface area contributed by atoms with E-state index in [4.69, 9.17) is 6.42 Å². The first-order valence-corrected chi connectivity index (χ1v) is 6.25. The average molecular weight is 233 g/mol. The Bertz CT molecular complexity index is 443. The van der Waals surface area contributed by atoms with Gasteiger partial charge >= 0.3 is 0 Å². The summed E-state index contributed by atoms with van der Waals surface area (Å²) in [5, 5.41) is 2.85. The van der Waals surface area contributed by atoms with Gasteiger partial charge in [-0.25, -0.2) is 0 Å². The molecule has 2 nitrogen and oxygen atoms in total. The fourth-order valence-electron chi connectivity index (χ4n) is 1.82. The van der Waals surface area contributed by atoms with Crippen LogP contribution in [0, 0.1) is 12.3 Å². The number of thiophene rings is 1. The number of hydrogen-bond donors (Lipinski definition) is 1. The fourth-order valence-corrected chi connectivity index (χ4v) is 2.97. The molecule has 3 heteroatoms. The Hall–Kier alpha value is -1.27. The van der Waals surface area contributed by atoms with Crippen molar-refractivity contribution in [2.45, 2.75) is 38.6 Å². The molecule has 1 N–H and O–H groups in total. The second-order valence-electron chi connectivity index (χ2n) is 4.64. The second kappa shape index (κ2) is 3.95. The lowest BCUT2D eigenvalue weighted by Crippen LogP contribution is -2.41. The molecule has 1 heterocycles. The minimum atomic E-state index is -0.578. The third kappa shape index (κ3) is 2.12. The summed E-state index contributed by atoms with van der Waals surface area (Å²) in [5.41, 5.74) is 0.763. The number of terminal acetylenes is 1. The van der Waals surface area contributed by atoms with Crippen LogP contribution in [0.2, 0.25) is 0 Å². The van der Waals surface area contributed by atoms with Gasteiger partial charge in [-0.05, 0) is 44.7 Å². The zero-order valence-corrected chi connectivity index (χ0v) is 10.4. The van der Waals surface area contributed by atoms with Crippen molar-refractivity contribution in [2.24, 2.45) is 0 Å². The molecule has 2 rings (SSSR count). The standard InChI is InChI=1S/C13H15NOS/c1-4-13(2,3)14-12(15)11-8-9-6-5-7-10(9)16-11/h1,8H,5-7H2,2-3H3,(H,14,15). The van der Waals surface area contributed by atoms with Crippen molar-refractivity contribution in [1.82, 2.24) is 5.32 Å². The number of carbonyl (C=O) groups excluding carboxylic acids is 1. The van der Waals surface area contributed by atoms with Crippen molar-refractivity contribution in [1.29, 1.82) is 0 Å². The highest BCUT2D eigenvalue weighted by molar-refractivity contribution is 7.14. The van der Waals surface area contributed by atoms with Crippen LogP contribution in [0.4, 0.5) is 0 Å². The Morgan fingerprint density at radius 3 is 2.94 bits per heavy atom. The summed E-state index contributed by atoms with van der Waals surface area (Å²) in [6.07, 6.45) is 8.79. The summed E-state index contributed by atoms with van der Waals surface area (Å²) < 4.78 is 0. The van der Waals surface area contributed by atoms with Crippen molar-refractivity contribution >= 4 is 17.2 Å². The Kier molecular flexibility index (Phi) is 2.77. The van der Waals surface area contributed by atoms with Crippen molar-refractivity contribution < 1.29 is 4.79 Å². The summed E-state index contributed by atoms with van der Waals surface area (Å²) in [4.78, 5) is 14.1. The van der Waals surface area contributed by atoms with Crippen molar-refractivity contribution in [3.05, 3.63) is 21.4 Å². The van der Waals surface area contributed by atoms with Crippen LogP contribution in [0.5, 0.6) is 0 Å². The third-order valence-electron chi connectivity index (χ3n) is 2.76. The van der Waals surface area contributed by atoms with Gasteiger partial charge in [-0.1, -0.05) is 5.92 Å². The van der Waals surface area contributed by atoms with E-state index >= 15 is 0 Å². The van der Waals surface area contributed by atoms with Gasteiger partial charge in [0.25, 0.3) is 5.91 Å². The smallest absolute Gasteiger partial charge is 0.262 e. The van der Waals surface area contributed by atoms with E-state index in [9.17, 15) is 4.79 Å². The average Bonchev–Trinajstić information content (AvgIpc) is 2.75. The van der Waals surface area contributed by atoms with E-state index in [1.165, 1.54) is 16.9 Å². The molecule has 1 aliphatic carbocycles. The first kappa shape index (κ1) is 11.2. The third-order valence-corrected chi connectivity index (χ3v) is 3.99. The normalized spacial score (nSPS) is 14.3. The predicted molar refractivity (Wildman–Crippen MR) is 66.7 cm³/mol. The van der Waals surface area contributed by atoms with Gasteiger partial charge in [0.2, 0.25) is 0 Å². The monoisotopic (exact) mass is 233 g/mol. The molecule has 16 heavy (non-hydrogen) atoms. The molecule has 1 aromatic heterocycles. The number of rotatable bonds is 2. The summed E-state index contributed by atoms with van der Waals surface area (Å²) >= 11 is 1.60.